The molecule has 1 amide bonds. The number of carbonyl (C=O) groups is 1. The molecule has 154 valence electrons. The molecule has 0 spiro atoms. The van der Waals surface area contributed by atoms with E-state index in [9.17, 15) is 4.79 Å². The first-order chi connectivity index (χ1) is 14.4. The van der Waals surface area contributed by atoms with Gasteiger partial charge in [-0.05, 0) is 78.9 Å². The number of benzene rings is 3. The lowest BCUT2D eigenvalue weighted by molar-refractivity contribution is 0.0956. The van der Waals surface area contributed by atoms with Gasteiger partial charge in [0.05, 0.1) is 6.61 Å². The van der Waals surface area contributed by atoms with Gasteiger partial charge in [-0.1, -0.05) is 36.9 Å². The molecule has 0 saturated heterocycles. The lowest BCUT2D eigenvalue weighted by atomic mass is 9.93. The van der Waals surface area contributed by atoms with Crippen molar-refractivity contribution in [1.29, 1.82) is 0 Å². The van der Waals surface area contributed by atoms with E-state index in [0.717, 1.165) is 39.1 Å². The fourth-order valence-corrected chi connectivity index (χ4v) is 3.42. The second-order valence-corrected chi connectivity index (χ2v) is 7.13. The first kappa shape index (κ1) is 21.2. The summed E-state index contributed by atoms with van der Waals surface area (Å²) in [7, 11) is 0. The Hall–Kier alpha value is -3.53. The van der Waals surface area contributed by atoms with Crippen LogP contribution in [0.5, 0.6) is 5.75 Å². The van der Waals surface area contributed by atoms with Gasteiger partial charge in [0.1, 0.15) is 5.75 Å². The summed E-state index contributed by atoms with van der Waals surface area (Å²) in [5.41, 5.74) is 13.5. The van der Waals surface area contributed by atoms with Crippen molar-refractivity contribution >= 4 is 17.2 Å². The molecule has 3 N–H and O–H groups in total. The summed E-state index contributed by atoms with van der Waals surface area (Å²) in [4.78, 5) is 12.2. The summed E-state index contributed by atoms with van der Waals surface area (Å²) in [6.07, 6.45) is 0. The average molecular weight is 401 g/mol. The summed E-state index contributed by atoms with van der Waals surface area (Å²) in [6, 6.07) is 19.5. The largest absolute Gasteiger partial charge is 0.494 e. The molecule has 0 atom stereocenters. The molecule has 0 aliphatic heterocycles. The second-order valence-electron chi connectivity index (χ2n) is 7.13. The van der Waals surface area contributed by atoms with Crippen molar-refractivity contribution in [1.82, 2.24) is 5.32 Å². The standard InChI is InChI=1S/C26H28N2O2/c1-5-28-26(29)21-8-7-17(3)24(15-21)20-11-14-23(25(27)16-20)18(4)19-9-12-22(13-10-19)30-6-2/h7-16H,4-6,27H2,1-3H3,(H,28,29). The van der Waals surface area contributed by atoms with Crippen LogP contribution in [0.1, 0.15) is 40.9 Å². The minimum Gasteiger partial charge on any atom is -0.494 e. The van der Waals surface area contributed by atoms with Gasteiger partial charge in [-0.25, -0.2) is 0 Å². The molecule has 0 heterocycles. The summed E-state index contributed by atoms with van der Waals surface area (Å²) in [5.74, 6) is 0.757. The minimum absolute atomic E-state index is 0.0766. The lowest BCUT2D eigenvalue weighted by Gasteiger charge is -2.14. The van der Waals surface area contributed by atoms with Gasteiger partial charge >= 0.3 is 0 Å². The molecule has 4 nitrogen and oxygen atoms in total. The maximum atomic E-state index is 12.2. The van der Waals surface area contributed by atoms with Crippen LogP contribution in [-0.2, 0) is 0 Å². The molecular weight excluding hydrogens is 372 g/mol. The predicted molar refractivity (Wildman–Crippen MR) is 125 cm³/mol. The maximum absolute atomic E-state index is 12.2. The molecular formula is C26H28N2O2. The summed E-state index contributed by atoms with van der Waals surface area (Å²) >= 11 is 0. The van der Waals surface area contributed by atoms with Gasteiger partial charge < -0.3 is 15.8 Å². The van der Waals surface area contributed by atoms with Crippen molar-refractivity contribution in [3.8, 4) is 16.9 Å². The molecule has 0 aromatic heterocycles. The Morgan fingerprint density at radius 2 is 1.70 bits per heavy atom. The third kappa shape index (κ3) is 4.54. The van der Waals surface area contributed by atoms with Crippen molar-refractivity contribution in [3.05, 3.63) is 89.5 Å². The third-order valence-electron chi connectivity index (χ3n) is 5.04. The Morgan fingerprint density at radius 3 is 2.33 bits per heavy atom. The Labute approximate surface area is 178 Å². The number of nitrogens with one attached hydrogen (secondary N) is 1. The topological polar surface area (TPSA) is 64.3 Å². The number of hydrogen-bond donors (Lipinski definition) is 2. The Bertz CT molecular complexity index is 1070. The van der Waals surface area contributed by atoms with Crippen LogP contribution in [0.4, 0.5) is 5.69 Å². The van der Waals surface area contributed by atoms with Crippen molar-refractivity contribution < 1.29 is 9.53 Å². The van der Waals surface area contributed by atoms with Gasteiger partial charge in [-0.3, -0.25) is 4.79 Å². The average Bonchev–Trinajstić information content (AvgIpc) is 2.74. The van der Waals surface area contributed by atoms with Crippen LogP contribution < -0.4 is 15.8 Å². The molecule has 0 fully saturated rings. The van der Waals surface area contributed by atoms with E-state index in [0.29, 0.717) is 24.4 Å². The van der Waals surface area contributed by atoms with Crippen molar-refractivity contribution in [2.45, 2.75) is 20.8 Å². The lowest BCUT2D eigenvalue weighted by Crippen LogP contribution is -2.22. The number of ether oxygens (including phenoxy) is 1. The SMILES string of the molecule is C=C(c1ccc(OCC)cc1)c1ccc(-c2cc(C(=O)NCC)ccc2C)cc1N. The molecule has 3 aromatic rings. The van der Waals surface area contributed by atoms with Crippen LogP contribution in [0.25, 0.3) is 16.7 Å². The minimum atomic E-state index is -0.0766. The molecule has 0 unspecified atom stereocenters. The van der Waals surface area contributed by atoms with Crippen LogP contribution in [-0.4, -0.2) is 19.1 Å². The number of hydrogen-bond acceptors (Lipinski definition) is 3. The number of aryl methyl sites for hydroxylation is 1. The van der Waals surface area contributed by atoms with E-state index in [1.54, 1.807) is 0 Å². The van der Waals surface area contributed by atoms with E-state index < -0.39 is 0 Å². The molecule has 0 radical (unpaired) electrons. The number of rotatable bonds is 7. The number of nitrogens with two attached hydrogens (primary N) is 1. The van der Waals surface area contributed by atoms with Crippen molar-refractivity contribution in [2.24, 2.45) is 0 Å². The van der Waals surface area contributed by atoms with Crippen molar-refractivity contribution in [2.75, 3.05) is 18.9 Å². The number of nitrogen functional groups attached to an aromatic ring is 1. The van der Waals surface area contributed by atoms with Gasteiger partial charge in [0.2, 0.25) is 0 Å². The smallest absolute Gasteiger partial charge is 0.251 e. The number of carbonyl (C=O) groups excluding carboxylic acids is 1. The van der Waals surface area contributed by atoms with Crippen LogP contribution >= 0.6 is 0 Å². The number of amides is 1. The highest BCUT2D eigenvalue weighted by atomic mass is 16.5. The fraction of sp³-hybridized carbons (Fsp3) is 0.192. The Morgan fingerprint density at radius 1 is 1.00 bits per heavy atom. The van der Waals surface area contributed by atoms with Crippen molar-refractivity contribution in [3.63, 3.8) is 0 Å². The molecule has 0 aliphatic rings. The molecule has 0 aliphatic carbocycles. The van der Waals surface area contributed by atoms with E-state index in [4.69, 9.17) is 10.5 Å². The van der Waals surface area contributed by atoms with E-state index in [1.807, 2.05) is 81.4 Å². The highest BCUT2D eigenvalue weighted by molar-refractivity contribution is 5.96. The Balaban J connectivity index is 1.91. The first-order valence-corrected chi connectivity index (χ1v) is 10.2. The molecule has 0 saturated carbocycles. The summed E-state index contributed by atoms with van der Waals surface area (Å²) < 4.78 is 5.50. The fourth-order valence-electron chi connectivity index (χ4n) is 3.42. The van der Waals surface area contributed by atoms with E-state index in [2.05, 4.69) is 11.9 Å². The van der Waals surface area contributed by atoms with Gasteiger partial charge in [0.25, 0.3) is 5.91 Å². The molecule has 3 rings (SSSR count). The zero-order valence-electron chi connectivity index (χ0n) is 17.8. The predicted octanol–water partition coefficient (Wildman–Crippen LogP) is 5.45. The zero-order chi connectivity index (χ0) is 21.7. The van der Waals surface area contributed by atoms with Crippen LogP contribution in [0, 0.1) is 6.92 Å². The van der Waals surface area contributed by atoms with Gasteiger partial charge in [-0.15, -0.1) is 0 Å². The molecule has 3 aromatic carbocycles. The molecule has 30 heavy (non-hydrogen) atoms. The molecule has 4 heteroatoms. The zero-order valence-corrected chi connectivity index (χ0v) is 17.8. The second kappa shape index (κ2) is 9.31. The quantitative estimate of drug-likeness (QED) is 0.518. The van der Waals surface area contributed by atoms with E-state index >= 15 is 0 Å². The summed E-state index contributed by atoms with van der Waals surface area (Å²) in [5, 5.41) is 2.84. The molecule has 0 bridgehead atoms. The highest BCUT2D eigenvalue weighted by Gasteiger charge is 2.12. The third-order valence-corrected chi connectivity index (χ3v) is 5.04. The maximum Gasteiger partial charge on any atom is 0.251 e. The van der Waals surface area contributed by atoms with Gasteiger partial charge in [0, 0.05) is 23.4 Å². The van der Waals surface area contributed by atoms with E-state index in [1.165, 1.54) is 0 Å². The highest BCUT2D eigenvalue weighted by Crippen LogP contribution is 2.33. The number of anilines is 1. The van der Waals surface area contributed by atoms with Gasteiger partial charge in [0.15, 0.2) is 0 Å². The van der Waals surface area contributed by atoms with Crippen LogP contribution in [0.2, 0.25) is 0 Å². The Kier molecular flexibility index (Phi) is 6.58. The van der Waals surface area contributed by atoms with E-state index in [-0.39, 0.29) is 5.91 Å². The first-order valence-electron chi connectivity index (χ1n) is 10.2. The van der Waals surface area contributed by atoms with Gasteiger partial charge in [-0.2, -0.15) is 0 Å². The summed E-state index contributed by atoms with van der Waals surface area (Å²) in [6.45, 7) is 11.4. The normalized spacial score (nSPS) is 10.5. The van der Waals surface area contributed by atoms with Crippen LogP contribution in [0.3, 0.4) is 0 Å². The monoisotopic (exact) mass is 400 g/mol. The van der Waals surface area contributed by atoms with Crippen LogP contribution in [0.15, 0.2) is 67.2 Å².